The van der Waals surface area contributed by atoms with Crippen molar-refractivity contribution >= 4 is 46.1 Å². The molecule has 1 aromatic carbocycles. The first-order valence-electron chi connectivity index (χ1n) is 6.48. The number of carbonyl (C=O) groups excluding carboxylic acids is 1. The fourth-order valence-electron chi connectivity index (χ4n) is 1.96. The first-order chi connectivity index (χ1) is 9.90. The molecular weight excluding hydrogens is 327 g/mol. The zero-order valence-electron chi connectivity index (χ0n) is 11.8. The molecule has 0 aliphatic carbocycles. The summed E-state index contributed by atoms with van der Waals surface area (Å²) in [5.41, 5.74) is 6.55. The highest BCUT2D eigenvalue weighted by Crippen LogP contribution is 2.30. The van der Waals surface area contributed by atoms with E-state index in [9.17, 15) is 4.79 Å². The second-order valence-electron chi connectivity index (χ2n) is 4.97. The number of amides is 1. The molecule has 0 spiro atoms. The van der Waals surface area contributed by atoms with Crippen LogP contribution in [-0.2, 0) is 6.54 Å². The second-order valence-corrected chi connectivity index (χ2v) is 6.78. The number of anilines is 1. The summed E-state index contributed by atoms with van der Waals surface area (Å²) in [4.78, 5) is 15.6. The third-order valence-electron chi connectivity index (χ3n) is 3.09. The molecule has 2 rings (SSSR count). The maximum atomic E-state index is 12.7. The quantitative estimate of drug-likeness (QED) is 0.819. The smallest absolute Gasteiger partial charge is 0.254 e. The van der Waals surface area contributed by atoms with Crippen LogP contribution >= 0.6 is 34.5 Å². The molecule has 3 nitrogen and oxygen atoms in total. The van der Waals surface area contributed by atoms with Crippen molar-refractivity contribution in [2.75, 3.05) is 5.73 Å². The summed E-state index contributed by atoms with van der Waals surface area (Å²) >= 11 is 13.6. The topological polar surface area (TPSA) is 46.3 Å². The zero-order chi connectivity index (χ0) is 15.6. The van der Waals surface area contributed by atoms with Crippen molar-refractivity contribution in [2.45, 2.75) is 26.4 Å². The number of carbonyl (C=O) groups is 1. The highest BCUT2D eigenvalue weighted by Gasteiger charge is 2.21. The van der Waals surface area contributed by atoms with Gasteiger partial charge in [0.25, 0.3) is 5.91 Å². The summed E-state index contributed by atoms with van der Waals surface area (Å²) < 4.78 is 0. The lowest BCUT2D eigenvalue weighted by atomic mass is 10.1. The summed E-state index contributed by atoms with van der Waals surface area (Å²) in [5, 5.41) is 2.57. The number of nitrogens with zero attached hydrogens (tertiary/aromatic N) is 1. The van der Waals surface area contributed by atoms with E-state index in [1.165, 1.54) is 0 Å². The summed E-state index contributed by atoms with van der Waals surface area (Å²) in [6.07, 6.45) is 0. The maximum Gasteiger partial charge on any atom is 0.254 e. The lowest BCUT2D eigenvalue weighted by Crippen LogP contribution is -2.36. The number of hydrogen-bond donors (Lipinski definition) is 1. The molecular formula is C15H16Cl2N2OS. The number of halogens is 2. The van der Waals surface area contributed by atoms with Crippen molar-refractivity contribution in [1.29, 1.82) is 0 Å². The van der Waals surface area contributed by atoms with Crippen LogP contribution < -0.4 is 5.73 Å². The van der Waals surface area contributed by atoms with Gasteiger partial charge in [-0.15, -0.1) is 11.3 Å². The number of nitrogen functional groups attached to an aromatic ring is 1. The fraction of sp³-hybridized carbons (Fsp3) is 0.267. The van der Waals surface area contributed by atoms with Gasteiger partial charge in [-0.3, -0.25) is 4.79 Å². The van der Waals surface area contributed by atoms with Gasteiger partial charge in [-0.2, -0.15) is 0 Å². The van der Waals surface area contributed by atoms with E-state index in [0.717, 1.165) is 4.88 Å². The molecule has 112 valence electrons. The van der Waals surface area contributed by atoms with E-state index >= 15 is 0 Å². The molecule has 0 atom stereocenters. The Bertz CT molecular complexity index is 618. The molecule has 21 heavy (non-hydrogen) atoms. The predicted molar refractivity (Wildman–Crippen MR) is 90.2 cm³/mol. The lowest BCUT2D eigenvalue weighted by molar-refractivity contribution is 0.0692. The molecule has 2 aromatic rings. The van der Waals surface area contributed by atoms with Gasteiger partial charge in [0.1, 0.15) is 0 Å². The first-order valence-corrected chi connectivity index (χ1v) is 8.11. The Morgan fingerprint density at radius 2 is 2.10 bits per heavy atom. The predicted octanol–water partition coefficient (Wildman–Crippen LogP) is 4.69. The van der Waals surface area contributed by atoms with Crippen LogP contribution in [-0.4, -0.2) is 16.8 Å². The van der Waals surface area contributed by atoms with Gasteiger partial charge in [0, 0.05) is 16.5 Å². The molecule has 0 bridgehead atoms. The zero-order valence-corrected chi connectivity index (χ0v) is 14.1. The average Bonchev–Trinajstić information content (AvgIpc) is 2.93. The van der Waals surface area contributed by atoms with Crippen LogP contribution in [0.4, 0.5) is 5.69 Å². The van der Waals surface area contributed by atoms with E-state index in [2.05, 4.69) is 0 Å². The van der Waals surface area contributed by atoms with Crippen molar-refractivity contribution in [1.82, 2.24) is 4.90 Å². The maximum absolute atomic E-state index is 12.7. The molecule has 2 N–H and O–H groups in total. The van der Waals surface area contributed by atoms with Gasteiger partial charge in [0.15, 0.2) is 0 Å². The van der Waals surface area contributed by atoms with Crippen LogP contribution in [0.3, 0.4) is 0 Å². The number of nitrogens with two attached hydrogens (primary N) is 1. The fourth-order valence-corrected chi connectivity index (χ4v) is 3.00. The van der Waals surface area contributed by atoms with E-state index < -0.39 is 0 Å². The summed E-state index contributed by atoms with van der Waals surface area (Å²) in [7, 11) is 0. The Morgan fingerprint density at radius 1 is 1.38 bits per heavy atom. The van der Waals surface area contributed by atoms with Gasteiger partial charge in [-0.25, -0.2) is 0 Å². The molecule has 1 heterocycles. The van der Waals surface area contributed by atoms with E-state index in [1.54, 1.807) is 28.4 Å². The molecule has 1 amide bonds. The Labute approximate surface area is 138 Å². The standard InChI is InChI=1S/C15H16Cl2N2OS/c1-9(2)19(8-11-4-3-5-21-11)15(20)10-6-12(16)14(17)13(18)7-10/h3-7,9H,8,18H2,1-2H3. The number of benzene rings is 1. The summed E-state index contributed by atoms with van der Waals surface area (Å²) in [5.74, 6) is -0.108. The van der Waals surface area contributed by atoms with E-state index in [1.807, 2.05) is 31.4 Å². The minimum Gasteiger partial charge on any atom is -0.397 e. The van der Waals surface area contributed by atoms with Crippen molar-refractivity contribution in [2.24, 2.45) is 0 Å². The first kappa shape index (κ1) is 16.1. The Balaban J connectivity index is 2.30. The third kappa shape index (κ3) is 3.70. The molecule has 0 saturated carbocycles. The number of hydrogen-bond acceptors (Lipinski definition) is 3. The normalized spacial score (nSPS) is 10.9. The van der Waals surface area contributed by atoms with Crippen molar-refractivity contribution in [3.8, 4) is 0 Å². The van der Waals surface area contributed by atoms with Gasteiger partial charge in [0.2, 0.25) is 0 Å². The van der Waals surface area contributed by atoms with Crippen LogP contribution in [0.5, 0.6) is 0 Å². The average molecular weight is 343 g/mol. The molecule has 0 aliphatic heterocycles. The largest absolute Gasteiger partial charge is 0.397 e. The van der Waals surface area contributed by atoms with Gasteiger partial charge in [-0.1, -0.05) is 29.3 Å². The van der Waals surface area contributed by atoms with Crippen LogP contribution in [0.2, 0.25) is 10.0 Å². The molecule has 0 fully saturated rings. The second kappa shape index (κ2) is 6.69. The summed E-state index contributed by atoms with van der Waals surface area (Å²) in [6, 6.07) is 7.18. The van der Waals surface area contributed by atoms with E-state index in [4.69, 9.17) is 28.9 Å². The van der Waals surface area contributed by atoms with Gasteiger partial charge in [-0.05, 0) is 37.4 Å². The van der Waals surface area contributed by atoms with Gasteiger partial charge in [0.05, 0.1) is 22.3 Å². The van der Waals surface area contributed by atoms with Crippen molar-refractivity contribution in [3.63, 3.8) is 0 Å². The third-order valence-corrected chi connectivity index (χ3v) is 4.77. The van der Waals surface area contributed by atoms with Crippen LogP contribution in [0.1, 0.15) is 29.1 Å². The van der Waals surface area contributed by atoms with Crippen LogP contribution in [0.15, 0.2) is 29.6 Å². The molecule has 1 aromatic heterocycles. The molecule has 0 unspecified atom stereocenters. The SMILES string of the molecule is CC(C)N(Cc1cccs1)C(=O)c1cc(N)c(Cl)c(Cl)c1. The highest BCUT2D eigenvalue weighted by molar-refractivity contribution is 7.09. The summed E-state index contributed by atoms with van der Waals surface area (Å²) in [6.45, 7) is 4.52. The molecule has 0 saturated heterocycles. The minimum atomic E-state index is -0.108. The number of rotatable bonds is 4. The van der Waals surface area contributed by atoms with E-state index in [0.29, 0.717) is 22.8 Å². The Morgan fingerprint density at radius 3 is 2.62 bits per heavy atom. The lowest BCUT2D eigenvalue weighted by Gasteiger charge is -2.26. The van der Waals surface area contributed by atoms with Crippen molar-refractivity contribution < 1.29 is 4.79 Å². The van der Waals surface area contributed by atoms with Gasteiger partial charge < -0.3 is 10.6 Å². The van der Waals surface area contributed by atoms with Crippen LogP contribution in [0, 0.1) is 0 Å². The highest BCUT2D eigenvalue weighted by atomic mass is 35.5. The van der Waals surface area contributed by atoms with E-state index in [-0.39, 0.29) is 17.0 Å². The molecule has 0 aliphatic rings. The Kier molecular flexibility index (Phi) is 5.14. The number of thiophene rings is 1. The molecule has 0 radical (unpaired) electrons. The minimum absolute atomic E-state index is 0.0651. The Hall–Kier alpha value is -1.23. The van der Waals surface area contributed by atoms with Crippen molar-refractivity contribution in [3.05, 3.63) is 50.1 Å². The van der Waals surface area contributed by atoms with Gasteiger partial charge >= 0.3 is 0 Å². The van der Waals surface area contributed by atoms with Crippen LogP contribution in [0.25, 0.3) is 0 Å². The molecule has 6 heteroatoms. The monoisotopic (exact) mass is 342 g/mol.